The Bertz CT molecular complexity index is 386. The van der Waals surface area contributed by atoms with Gasteiger partial charge in [0.05, 0.1) is 13.1 Å². The minimum atomic E-state index is -1.04. The average molecular weight is 264 g/mol. The molecule has 0 bridgehead atoms. The van der Waals surface area contributed by atoms with Gasteiger partial charge >= 0.3 is 0 Å². The summed E-state index contributed by atoms with van der Waals surface area (Å²) >= 11 is 0. The van der Waals surface area contributed by atoms with E-state index in [2.05, 4.69) is 5.32 Å². The van der Waals surface area contributed by atoms with E-state index in [1.807, 2.05) is 49.1 Å². The van der Waals surface area contributed by atoms with Crippen molar-refractivity contribution in [2.45, 2.75) is 26.4 Å². The molecule has 106 valence electrons. The quantitative estimate of drug-likeness (QED) is 0.781. The SMILES string of the molecule is CCN(CC)CC(=O)NCC(C)(O)c1ccccc1. The van der Waals surface area contributed by atoms with Crippen LogP contribution < -0.4 is 5.32 Å². The van der Waals surface area contributed by atoms with Crippen LogP contribution in [0.5, 0.6) is 0 Å². The van der Waals surface area contributed by atoms with Gasteiger partial charge in [0.2, 0.25) is 5.91 Å². The Balaban J connectivity index is 2.49. The second-order valence-electron chi connectivity index (χ2n) is 4.88. The molecular weight excluding hydrogens is 240 g/mol. The van der Waals surface area contributed by atoms with Gasteiger partial charge in [0.25, 0.3) is 0 Å². The van der Waals surface area contributed by atoms with Gasteiger partial charge in [-0.1, -0.05) is 44.2 Å². The number of benzene rings is 1. The van der Waals surface area contributed by atoms with Crippen LogP contribution >= 0.6 is 0 Å². The average Bonchev–Trinajstić information content (AvgIpc) is 2.43. The lowest BCUT2D eigenvalue weighted by atomic mass is 9.96. The molecular formula is C15H24N2O2. The standard InChI is InChI=1S/C15H24N2O2/c1-4-17(5-2)11-14(18)16-12-15(3,19)13-9-7-6-8-10-13/h6-10,19H,4-5,11-12H2,1-3H3,(H,16,18). The third-order valence-corrected chi connectivity index (χ3v) is 3.29. The Hall–Kier alpha value is -1.39. The number of nitrogens with one attached hydrogen (secondary N) is 1. The van der Waals surface area contributed by atoms with Crippen molar-refractivity contribution in [1.82, 2.24) is 10.2 Å². The molecule has 0 heterocycles. The fraction of sp³-hybridized carbons (Fsp3) is 0.533. The third kappa shape index (κ3) is 5.01. The van der Waals surface area contributed by atoms with Gasteiger partial charge in [-0.2, -0.15) is 0 Å². The number of hydrogen-bond donors (Lipinski definition) is 2. The van der Waals surface area contributed by atoms with Crippen molar-refractivity contribution >= 4 is 5.91 Å². The second-order valence-corrected chi connectivity index (χ2v) is 4.88. The number of carbonyl (C=O) groups is 1. The summed E-state index contributed by atoms with van der Waals surface area (Å²) in [5, 5.41) is 13.1. The van der Waals surface area contributed by atoms with E-state index in [0.717, 1.165) is 18.7 Å². The maximum absolute atomic E-state index is 11.8. The maximum Gasteiger partial charge on any atom is 0.234 e. The molecule has 0 radical (unpaired) electrons. The smallest absolute Gasteiger partial charge is 0.234 e. The van der Waals surface area contributed by atoms with Crippen LogP contribution in [-0.2, 0) is 10.4 Å². The van der Waals surface area contributed by atoms with E-state index in [0.29, 0.717) is 6.54 Å². The summed E-state index contributed by atoms with van der Waals surface area (Å²) in [4.78, 5) is 13.8. The molecule has 0 aliphatic heterocycles. The summed E-state index contributed by atoms with van der Waals surface area (Å²) in [7, 11) is 0. The predicted molar refractivity (Wildman–Crippen MR) is 76.8 cm³/mol. The number of likely N-dealkylation sites (N-methyl/N-ethyl adjacent to an activating group) is 1. The lowest BCUT2D eigenvalue weighted by molar-refractivity contribution is -0.123. The third-order valence-electron chi connectivity index (χ3n) is 3.29. The van der Waals surface area contributed by atoms with Crippen molar-refractivity contribution in [2.75, 3.05) is 26.2 Å². The first kappa shape index (κ1) is 15.7. The van der Waals surface area contributed by atoms with E-state index in [1.54, 1.807) is 6.92 Å². The number of aliphatic hydroxyl groups is 1. The molecule has 0 fully saturated rings. The molecule has 1 atom stereocenters. The van der Waals surface area contributed by atoms with Crippen molar-refractivity contribution in [3.8, 4) is 0 Å². The number of hydrogen-bond acceptors (Lipinski definition) is 3. The topological polar surface area (TPSA) is 52.6 Å². The van der Waals surface area contributed by atoms with Crippen LogP contribution in [0.15, 0.2) is 30.3 Å². The van der Waals surface area contributed by atoms with E-state index in [-0.39, 0.29) is 12.5 Å². The number of rotatable bonds is 7. The monoisotopic (exact) mass is 264 g/mol. The van der Waals surface area contributed by atoms with Crippen LogP contribution in [0.4, 0.5) is 0 Å². The highest BCUT2D eigenvalue weighted by atomic mass is 16.3. The summed E-state index contributed by atoms with van der Waals surface area (Å²) in [6, 6.07) is 9.37. The molecule has 4 nitrogen and oxygen atoms in total. The van der Waals surface area contributed by atoms with Crippen molar-refractivity contribution in [3.05, 3.63) is 35.9 Å². The van der Waals surface area contributed by atoms with Gasteiger partial charge < -0.3 is 10.4 Å². The van der Waals surface area contributed by atoms with Crippen molar-refractivity contribution in [2.24, 2.45) is 0 Å². The van der Waals surface area contributed by atoms with E-state index in [9.17, 15) is 9.90 Å². The molecule has 1 rings (SSSR count). The normalized spacial score (nSPS) is 14.2. The number of carbonyl (C=O) groups excluding carboxylic acids is 1. The van der Waals surface area contributed by atoms with Crippen LogP contribution in [0.2, 0.25) is 0 Å². The summed E-state index contributed by atoms with van der Waals surface area (Å²) in [6.07, 6.45) is 0. The molecule has 0 saturated heterocycles. The highest BCUT2D eigenvalue weighted by molar-refractivity contribution is 5.78. The molecule has 0 aliphatic carbocycles. The lowest BCUT2D eigenvalue weighted by Crippen LogP contribution is -2.43. The summed E-state index contributed by atoms with van der Waals surface area (Å²) in [5.74, 6) is -0.0556. The molecule has 1 aromatic carbocycles. The molecule has 0 aromatic heterocycles. The molecule has 19 heavy (non-hydrogen) atoms. The van der Waals surface area contributed by atoms with E-state index in [4.69, 9.17) is 0 Å². The molecule has 1 aromatic rings. The van der Waals surface area contributed by atoms with Crippen LogP contribution in [0.25, 0.3) is 0 Å². The van der Waals surface area contributed by atoms with Gasteiger partial charge in [-0.3, -0.25) is 9.69 Å². The summed E-state index contributed by atoms with van der Waals surface area (Å²) in [6.45, 7) is 8.04. The lowest BCUT2D eigenvalue weighted by Gasteiger charge is -2.25. The largest absolute Gasteiger partial charge is 0.384 e. The Morgan fingerprint density at radius 2 is 1.84 bits per heavy atom. The Morgan fingerprint density at radius 3 is 2.37 bits per heavy atom. The highest BCUT2D eigenvalue weighted by Crippen LogP contribution is 2.18. The van der Waals surface area contributed by atoms with Gasteiger partial charge in [0.15, 0.2) is 0 Å². The summed E-state index contributed by atoms with van der Waals surface area (Å²) < 4.78 is 0. The van der Waals surface area contributed by atoms with E-state index in [1.165, 1.54) is 0 Å². The Labute approximate surface area is 115 Å². The van der Waals surface area contributed by atoms with Crippen LogP contribution in [0, 0.1) is 0 Å². The fourth-order valence-electron chi connectivity index (χ4n) is 1.88. The molecule has 1 amide bonds. The first-order valence-electron chi connectivity index (χ1n) is 6.76. The van der Waals surface area contributed by atoms with Gasteiger partial charge in [0, 0.05) is 0 Å². The van der Waals surface area contributed by atoms with Gasteiger partial charge in [-0.05, 0) is 25.6 Å². The first-order chi connectivity index (χ1) is 8.99. The van der Waals surface area contributed by atoms with Crippen LogP contribution in [0.3, 0.4) is 0 Å². The molecule has 1 unspecified atom stereocenters. The minimum absolute atomic E-state index is 0.0556. The number of amides is 1. The predicted octanol–water partition coefficient (Wildman–Crippen LogP) is 1.35. The van der Waals surface area contributed by atoms with E-state index >= 15 is 0 Å². The number of nitrogens with zero attached hydrogens (tertiary/aromatic N) is 1. The summed E-state index contributed by atoms with van der Waals surface area (Å²) in [5.41, 5.74) is -0.238. The van der Waals surface area contributed by atoms with Crippen molar-refractivity contribution < 1.29 is 9.90 Å². The Morgan fingerprint density at radius 1 is 1.26 bits per heavy atom. The van der Waals surface area contributed by atoms with E-state index < -0.39 is 5.60 Å². The van der Waals surface area contributed by atoms with Crippen LogP contribution in [0.1, 0.15) is 26.3 Å². The minimum Gasteiger partial charge on any atom is -0.384 e. The Kier molecular flexibility index (Phi) is 5.99. The maximum atomic E-state index is 11.8. The zero-order valence-corrected chi connectivity index (χ0v) is 12.0. The molecule has 0 aliphatic rings. The zero-order valence-electron chi connectivity index (χ0n) is 12.0. The second kappa shape index (κ2) is 7.26. The van der Waals surface area contributed by atoms with Crippen LogP contribution in [-0.4, -0.2) is 42.1 Å². The zero-order chi connectivity index (χ0) is 14.3. The highest BCUT2D eigenvalue weighted by Gasteiger charge is 2.23. The molecule has 0 saturated carbocycles. The molecule has 4 heteroatoms. The fourth-order valence-corrected chi connectivity index (χ4v) is 1.88. The van der Waals surface area contributed by atoms with Crippen molar-refractivity contribution in [1.29, 1.82) is 0 Å². The first-order valence-corrected chi connectivity index (χ1v) is 6.76. The van der Waals surface area contributed by atoms with Gasteiger partial charge in [-0.25, -0.2) is 0 Å². The van der Waals surface area contributed by atoms with Gasteiger partial charge in [-0.15, -0.1) is 0 Å². The molecule has 2 N–H and O–H groups in total. The van der Waals surface area contributed by atoms with Crippen molar-refractivity contribution in [3.63, 3.8) is 0 Å². The van der Waals surface area contributed by atoms with Gasteiger partial charge in [0.1, 0.15) is 5.60 Å². The molecule has 0 spiro atoms.